The van der Waals surface area contributed by atoms with Gasteiger partial charge < -0.3 is 14.2 Å². The van der Waals surface area contributed by atoms with Crippen molar-refractivity contribution in [2.75, 3.05) is 13.2 Å². The van der Waals surface area contributed by atoms with Crippen LogP contribution in [-0.2, 0) is 28.6 Å². The molecule has 0 spiro atoms. The normalized spacial score (nSPS) is 12.0. The van der Waals surface area contributed by atoms with E-state index in [-0.39, 0.29) is 31.1 Å². The fraction of sp³-hybridized carbons (Fsp3) is 0.894. The maximum absolute atomic E-state index is 12.6. The number of allylic oxidation sites excluding steroid dienone is 2. The highest BCUT2D eigenvalue weighted by Crippen LogP contribution is 2.15. The molecule has 0 saturated heterocycles. The summed E-state index contributed by atoms with van der Waals surface area (Å²) in [4.78, 5) is 37.5. The quantitative estimate of drug-likeness (QED) is 0.0268. The van der Waals surface area contributed by atoms with Gasteiger partial charge in [0, 0.05) is 19.3 Å². The Morgan fingerprint density at radius 1 is 0.358 bits per heavy atom. The summed E-state index contributed by atoms with van der Waals surface area (Å²) in [5.74, 6) is -0.873. The van der Waals surface area contributed by atoms with Crippen molar-refractivity contribution in [3.05, 3.63) is 12.2 Å². The number of carbonyl (C=O) groups excluding carboxylic acids is 3. The maximum Gasteiger partial charge on any atom is 0.306 e. The fourth-order valence-corrected chi connectivity index (χ4v) is 6.73. The minimum Gasteiger partial charge on any atom is -0.462 e. The Morgan fingerprint density at radius 3 is 0.943 bits per heavy atom. The van der Waals surface area contributed by atoms with Crippen LogP contribution in [0.5, 0.6) is 0 Å². The third kappa shape index (κ3) is 41.2. The van der Waals surface area contributed by atoms with E-state index >= 15 is 0 Å². The molecule has 1 atom stereocenters. The molecule has 0 rings (SSSR count). The summed E-state index contributed by atoms with van der Waals surface area (Å²) in [5, 5.41) is 0. The van der Waals surface area contributed by atoms with Crippen LogP contribution in [-0.4, -0.2) is 37.2 Å². The molecule has 0 aromatic rings. The zero-order valence-electron chi connectivity index (χ0n) is 35.6. The number of unbranched alkanes of at least 4 members (excludes halogenated alkanes) is 29. The van der Waals surface area contributed by atoms with Gasteiger partial charge in [-0.25, -0.2) is 0 Å². The number of hydrogen-bond donors (Lipinski definition) is 0. The standard InChI is InChI=1S/C47H88O6/c1-4-7-10-13-16-18-20-21-22-23-24-25-26-27-28-30-31-34-37-40-46(49)52-43-44(42-51-45(48)39-36-33-15-12-9-6-3)53-47(50)41-38-35-32-29-19-17-14-11-8-5-2/h21-22,44H,4-20,23-43H2,1-3H3/b22-21-. The average molecular weight is 749 g/mol. The van der Waals surface area contributed by atoms with Crippen LogP contribution in [0.1, 0.15) is 252 Å². The molecule has 0 aliphatic carbocycles. The van der Waals surface area contributed by atoms with Crippen molar-refractivity contribution in [3.63, 3.8) is 0 Å². The second kappa shape index (κ2) is 42.9. The number of rotatable bonds is 42. The molecule has 0 N–H and O–H groups in total. The largest absolute Gasteiger partial charge is 0.462 e. The van der Waals surface area contributed by atoms with Gasteiger partial charge in [-0.15, -0.1) is 0 Å². The van der Waals surface area contributed by atoms with Crippen molar-refractivity contribution in [2.24, 2.45) is 0 Å². The van der Waals surface area contributed by atoms with Gasteiger partial charge in [-0.1, -0.05) is 200 Å². The third-order valence-corrected chi connectivity index (χ3v) is 10.3. The molecule has 6 heteroatoms. The van der Waals surface area contributed by atoms with Crippen molar-refractivity contribution < 1.29 is 28.6 Å². The monoisotopic (exact) mass is 749 g/mol. The fourth-order valence-electron chi connectivity index (χ4n) is 6.73. The zero-order chi connectivity index (χ0) is 38.7. The van der Waals surface area contributed by atoms with Gasteiger partial charge in [0.1, 0.15) is 13.2 Å². The summed E-state index contributed by atoms with van der Waals surface area (Å²) in [7, 11) is 0. The van der Waals surface area contributed by atoms with Crippen LogP contribution < -0.4 is 0 Å². The molecule has 0 radical (unpaired) electrons. The number of ether oxygens (including phenoxy) is 3. The molecule has 6 nitrogen and oxygen atoms in total. The lowest BCUT2D eigenvalue weighted by molar-refractivity contribution is -0.167. The van der Waals surface area contributed by atoms with Crippen molar-refractivity contribution >= 4 is 17.9 Å². The Hall–Kier alpha value is -1.85. The van der Waals surface area contributed by atoms with E-state index in [4.69, 9.17) is 14.2 Å². The SMILES string of the molecule is CCCCCCCC/C=C\CCCCCCCCCCCC(=O)OCC(COC(=O)CCCCCCCC)OC(=O)CCCCCCCCCCCC. The third-order valence-electron chi connectivity index (χ3n) is 10.3. The van der Waals surface area contributed by atoms with Crippen LogP contribution in [0.15, 0.2) is 12.2 Å². The first-order chi connectivity index (χ1) is 26.0. The number of esters is 3. The highest BCUT2D eigenvalue weighted by molar-refractivity contribution is 5.71. The van der Waals surface area contributed by atoms with Crippen molar-refractivity contribution in [1.29, 1.82) is 0 Å². The Kier molecular flexibility index (Phi) is 41.4. The highest BCUT2D eigenvalue weighted by atomic mass is 16.6. The van der Waals surface area contributed by atoms with E-state index in [1.807, 2.05) is 0 Å². The van der Waals surface area contributed by atoms with E-state index in [0.29, 0.717) is 19.3 Å². The molecule has 0 heterocycles. The van der Waals surface area contributed by atoms with Crippen LogP contribution in [0.2, 0.25) is 0 Å². The van der Waals surface area contributed by atoms with Crippen molar-refractivity contribution in [2.45, 2.75) is 258 Å². The summed E-state index contributed by atoms with van der Waals surface area (Å²) < 4.78 is 16.6. The van der Waals surface area contributed by atoms with E-state index < -0.39 is 6.10 Å². The van der Waals surface area contributed by atoms with E-state index in [1.165, 1.54) is 154 Å². The summed E-state index contributed by atoms with van der Waals surface area (Å²) in [6.07, 6.45) is 45.0. The van der Waals surface area contributed by atoms with E-state index in [9.17, 15) is 14.4 Å². The van der Waals surface area contributed by atoms with Crippen molar-refractivity contribution in [1.82, 2.24) is 0 Å². The topological polar surface area (TPSA) is 78.9 Å². The van der Waals surface area contributed by atoms with Gasteiger partial charge >= 0.3 is 17.9 Å². The molecule has 0 aromatic heterocycles. The molecule has 312 valence electrons. The summed E-state index contributed by atoms with van der Waals surface area (Å²) >= 11 is 0. The first-order valence-electron chi connectivity index (χ1n) is 23.2. The second-order valence-electron chi connectivity index (χ2n) is 15.7. The molecule has 0 bridgehead atoms. The second-order valence-corrected chi connectivity index (χ2v) is 15.7. The van der Waals surface area contributed by atoms with Crippen LogP contribution >= 0.6 is 0 Å². The summed E-state index contributed by atoms with van der Waals surface area (Å²) in [5.41, 5.74) is 0. The summed E-state index contributed by atoms with van der Waals surface area (Å²) in [6.45, 7) is 6.57. The average Bonchev–Trinajstić information content (AvgIpc) is 3.15. The first kappa shape index (κ1) is 51.1. The van der Waals surface area contributed by atoms with Gasteiger partial charge in [0.05, 0.1) is 0 Å². The molecule has 0 aromatic carbocycles. The van der Waals surface area contributed by atoms with Gasteiger partial charge in [-0.05, 0) is 44.9 Å². The van der Waals surface area contributed by atoms with Crippen LogP contribution in [0.3, 0.4) is 0 Å². The number of hydrogen-bond acceptors (Lipinski definition) is 6. The van der Waals surface area contributed by atoms with Crippen molar-refractivity contribution in [3.8, 4) is 0 Å². The zero-order valence-corrected chi connectivity index (χ0v) is 35.6. The molecule has 0 aliphatic heterocycles. The van der Waals surface area contributed by atoms with Gasteiger partial charge in [-0.3, -0.25) is 14.4 Å². The molecule has 1 unspecified atom stereocenters. The Labute approximate surface area is 329 Å². The molecule has 0 saturated carbocycles. The van der Waals surface area contributed by atoms with Gasteiger partial charge in [0.2, 0.25) is 0 Å². The molecule has 0 amide bonds. The Balaban J connectivity index is 4.15. The molecular weight excluding hydrogens is 661 g/mol. The first-order valence-corrected chi connectivity index (χ1v) is 23.2. The van der Waals surface area contributed by atoms with Crippen LogP contribution in [0, 0.1) is 0 Å². The highest BCUT2D eigenvalue weighted by Gasteiger charge is 2.19. The van der Waals surface area contributed by atoms with Gasteiger partial charge in [0.25, 0.3) is 0 Å². The van der Waals surface area contributed by atoms with Gasteiger partial charge in [0.15, 0.2) is 6.10 Å². The molecular formula is C47H88O6. The predicted molar refractivity (Wildman–Crippen MR) is 224 cm³/mol. The van der Waals surface area contributed by atoms with E-state index in [2.05, 4.69) is 32.9 Å². The number of carbonyl (C=O) groups is 3. The lowest BCUT2D eigenvalue weighted by Crippen LogP contribution is -2.30. The Bertz CT molecular complexity index is 824. The minimum absolute atomic E-state index is 0.0676. The maximum atomic E-state index is 12.6. The lowest BCUT2D eigenvalue weighted by Gasteiger charge is -2.18. The smallest absolute Gasteiger partial charge is 0.306 e. The van der Waals surface area contributed by atoms with Crippen LogP contribution in [0.4, 0.5) is 0 Å². The van der Waals surface area contributed by atoms with E-state index in [1.54, 1.807) is 0 Å². The van der Waals surface area contributed by atoms with Gasteiger partial charge in [-0.2, -0.15) is 0 Å². The Morgan fingerprint density at radius 2 is 0.623 bits per heavy atom. The summed E-state index contributed by atoms with van der Waals surface area (Å²) in [6, 6.07) is 0. The molecule has 53 heavy (non-hydrogen) atoms. The molecule has 0 aliphatic rings. The minimum atomic E-state index is -0.760. The predicted octanol–water partition coefficient (Wildman–Crippen LogP) is 14.6. The molecule has 0 fully saturated rings. The lowest BCUT2D eigenvalue weighted by atomic mass is 10.1. The van der Waals surface area contributed by atoms with E-state index in [0.717, 1.165) is 57.8 Å². The van der Waals surface area contributed by atoms with Crippen LogP contribution in [0.25, 0.3) is 0 Å².